The first-order valence-electron chi connectivity index (χ1n) is 5.30. The Morgan fingerprint density at radius 1 is 1.25 bits per heavy atom. The van der Waals surface area contributed by atoms with Gasteiger partial charge in [-0.1, -0.05) is 0 Å². The van der Waals surface area contributed by atoms with Crippen molar-refractivity contribution in [3.8, 4) is 5.95 Å². The van der Waals surface area contributed by atoms with Crippen molar-refractivity contribution in [3.63, 3.8) is 0 Å². The standard InChI is InChI=1S/C7H12N10O2S/c8-16-6-13-5(11-1-2-20(9,18)19)14-7(15-6)17-4-10-3-12-17/h3-4H,1-2,8H2,(H2,9,18,19)(H2,11,13,14,15,16). The normalized spacial score (nSPS) is 11.3. The summed E-state index contributed by atoms with van der Waals surface area (Å²) >= 11 is 0. The smallest absolute Gasteiger partial charge is 0.258 e. The van der Waals surface area contributed by atoms with E-state index in [-0.39, 0.29) is 30.1 Å². The van der Waals surface area contributed by atoms with Gasteiger partial charge in [0.15, 0.2) is 0 Å². The average Bonchev–Trinajstić information content (AvgIpc) is 2.90. The Morgan fingerprint density at radius 2 is 2.00 bits per heavy atom. The zero-order chi connectivity index (χ0) is 14.6. The van der Waals surface area contributed by atoms with Crippen molar-refractivity contribution in [2.75, 3.05) is 23.0 Å². The minimum Gasteiger partial charge on any atom is -0.353 e. The van der Waals surface area contributed by atoms with E-state index in [1.165, 1.54) is 17.3 Å². The minimum absolute atomic E-state index is 0.0453. The largest absolute Gasteiger partial charge is 0.353 e. The van der Waals surface area contributed by atoms with Crippen molar-refractivity contribution in [1.82, 2.24) is 29.7 Å². The van der Waals surface area contributed by atoms with Crippen LogP contribution in [-0.4, -0.2) is 50.4 Å². The van der Waals surface area contributed by atoms with Crippen LogP contribution in [0.4, 0.5) is 11.9 Å². The molecule has 6 N–H and O–H groups in total. The number of nitrogens with zero attached hydrogens (tertiary/aromatic N) is 6. The van der Waals surface area contributed by atoms with Crippen molar-refractivity contribution < 1.29 is 8.42 Å². The fourth-order valence-corrected chi connectivity index (χ4v) is 1.61. The lowest BCUT2D eigenvalue weighted by molar-refractivity contribution is 0.598. The van der Waals surface area contributed by atoms with E-state index in [0.717, 1.165) is 0 Å². The third-order valence-corrected chi connectivity index (χ3v) is 2.82. The number of hydrogen-bond donors (Lipinski definition) is 4. The minimum atomic E-state index is -3.56. The van der Waals surface area contributed by atoms with Gasteiger partial charge >= 0.3 is 0 Å². The maximum atomic E-state index is 10.8. The molecule has 2 aromatic heterocycles. The molecule has 20 heavy (non-hydrogen) atoms. The van der Waals surface area contributed by atoms with Crippen molar-refractivity contribution >= 4 is 21.9 Å². The highest BCUT2D eigenvalue weighted by Crippen LogP contribution is 2.07. The third-order valence-electron chi connectivity index (χ3n) is 2.05. The van der Waals surface area contributed by atoms with Crippen LogP contribution >= 0.6 is 0 Å². The first kappa shape index (κ1) is 14.0. The van der Waals surface area contributed by atoms with E-state index in [1.54, 1.807) is 0 Å². The van der Waals surface area contributed by atoms with E-state index in [0.29, 0.717) is 0 Å². The Kier molecular flexibility index (Phi) is 4.02. The topological polar surface area (TPSA) is 180 Å². The van der Waals surface area contributed by atoms with Gasteiger partial charge in [-0.15, -0.1) is 0 Å². The van der Waals surface area contributed by atoms with E-state index in [2.05, 4.69) is 35.8 Å². The number of nitrogens with two attached hydrogens (primary N) is 2. The van der Waals surface area contributed by atoms with Crippen LogP contribution in [0, 0.1) is 0 Å². The maximum absolute atomic E-state index is 10.8. The van der Waals surface area contributed by atoms with E-state index in [9.17, 15) is 8.42 Å². The molecule has 0 aromatic carbocycles. The Labute approximate surface area is 113 Å². The van der Waals surface area contributed by atoms with E-state index in [4.69, 9.17) is 11.0 Å². The molecule has 2 heterocycles. The zero-order valence-corrected chi connectivity index (χ0v) is 10.9. The van der Waals surface area contributed by atoms with Gasteiger partial charge < -0.3 is 5.32 Å². The molecule has 0 spiro atoms. The quantitative estimate of drug-likeness (QED) is 0.327. The van der Waals surface area contributed by atoms with Crippen LogP contribution in [-0.2, 0) is 10.0 Å². The molecule has 0 fully saturated rings. The molecule has 0 saturated carbocycles. The third kappa shape index (κ3) is 3.81. The van der Waals surface area contributed by atoms with E-state index in [1.807, 2.05) is 0 Å². The molecule has 12 nitrogen and oxygen atoms in total. The highest BCUT2D eigenvalue weighted by atomic mass is 32.2. The summed E-state index contributed by atoms with van der Waals surface area (Å²) in [6, 6.07) is 0. The predicted molar refractivity (Wildman–Crippen MR) is 69.0 cm³/mol. The molecular formula is C7H12N10O2S. The van der Waals surface area contributed by atoms with Gasteiger partial charge in [-0.05, 0) is 0 Å². The van der Waals surface area contributed by atoms with Crippen molar-refractivity contribution in [2.45, 2.75) is 0 Å². The number of primary sulfonamides is 1. The van der Waals surface area contributed by atoms with Gasteiger partial charge in [-0.2, -0.15) is 24.7 Å². The number of nitrogens with one attached hydrogen (secondary N) is 2. The number of hydrogen-bond acceptors (Lipinski definition) is 10. The number of nitrogen functional groups attached to an aromatic ring is 1. The molecule has 2 aromatic rings. The van der Waals surface area contributed by atoms with Gasteiger partial charge in [0.05, 0.1) is 5.75 Å². The highest BCUT2D eigenvalue weighted by Gasteiger charge is 2.09. The molecule has 13 heteroatoms. The second kappa shape index (κ2) is 5.72. The van der Waals surface area contributed by atoms with Gasteiger partial charge in [0.2, 0.25) is 21.9 Å². The van der Waals surface area contributed by atoms with Gasteiger partial charge in [-0.25, -0.2) is 24.4 Å². The second-order valence-corrected chi connectivity index (χ2v) is 5.29. The van der Waals surface area contributed by atoms with E-state index >= 15 is 0 Å². The molecule has 0 radical (unpaired) electrons. The number of hydrazine groups is 1. The molecule has 0 aliphatic rings. The van der Waals surface area contributed by atoms with Crippen LogP contribution in [0.25, 0.3) is 5.95 Å². The monoisotopic (exact) mass is 300 g/mol. The molecule has 0 bridgehead atoms. The number of sulfonamides is 1. The van der Waals surface area contributed by atoms with Crippen LogP contribution in [0.1, 0.15) is 0 Å². The summed E-state index contributed by atoms with van der Waals surface area (Å²) in [5, 5.41) is 11.4. The van der Waals surface area contributed by atoms with E-state index < -0.39 is 10.0 Å². The maximum Gasteiger partial charge on any atom is 0.258 e. The first-order valence-corrected chi connectivity index (χ1v) is 7.01. The summed E-state index contributed by atoms with van der Waals surface area (Å²) in [5.41, 5.74) is 2.27. The Bertz CT molecular complexity index is 669. The number of rotatable bonds is 6. The van der Waals surface area contributed by atoms with Gasteiger partial charge in [0.1, 0.15) is 12.7 Å². The van der Waals surface area contributed by atoms with Crippen LogP contribution < -0.4 is 21.7 Å². The summed E-state index contributed by atoms with van der Waals surface area (Å²) in [6.07, 6.45) is 2.71. The number of aromatic nitrogens is 6. The van der Waals surface area contributed by atoms with Crippen LogP contribution in [0.3, 0.4) is 0 Å². The lowest BCUT2D eigenvalue weighted by atomic mass is 10.7. The molecule has 2 rings (SSSR count). The Morgan fingerprint density at radius 3 is 2.60 bits per heavy atom. The van der Waals surface area contributed by atoms with Crippen LogP contribution in [0.15, 0.2) is 12.7 Å². The average molecular weight is 300 g/mol. The predicted octanol–water partition coefficient (Wildman–Crippen LogP) is -2.56. The van der Waals surface area contributed by atoms with Crippen molar-refractivity contribution in [2.24, 2.45) is 11.0 Å². The molecule has 0 aliphatic heterocycles. The Balaban J connectivity index is 2.18. The SMILES string of the molecule is NNc1nc(NCCS(N)(=O)=O)nc(-n2cncn2)n1. The lowest BCUT2D eigenvalue weighted by Gasteiger charge is -2.07. The second-order valence-electron chi connectivity index (χ2n) is 3.56. The molecule has 0 unspecified atom stereocenters. The number of anilines is 2. The zero-order valence-electron chi connectivity index (χ0n) is 10.1. The fraction of sp³-hybridized carbons (Fsp3) is 0.286. The molecular weight excluding hydrogens is 288 g/mol. The Hall–Kier alpha value is -2.38. The highest BCUT2D eigenvalue weighted by molar-refractivity contribution is 7.89. The fourth-order valence-electron chi connectivity index (χ4n) is 1.23. The summed E-state index contributed by atoms with van der Waals surface area (Å²) in [7, 11) is -3.56. The molecule has 0 amide bonds. The molecule has 108 valence electrons. The van der Waals surface area contributed by atoms with Crippen molar-refractivity contribution in [1.29, 1.82) is 0 Å². The summed E-state index contributed by atoms with van der Waals surface area (Å²) < 4.78 is 23.0. The van der Waals surface area contributed by atoms with Crippen LogP contribution in [0.2, 0.25) is 0 Å². The van der Waals surface area contributed by atoms with Crippen molar-refractivity contribution in [3.05, 3.63) is 12.7 Å². The first-order chi connectivity index (χ1) is 9.48. The molecule has 0 aliphatic carbocycles. The molecule has 0 atom stereocenters. The summed E-state index contributed by atoms with van der Waals surface area (Å²) in [6.45, 7) is 0.0453. The summed E-state index contributed by atoms with van der Waals surface area (Å²) in [4.78, 5) is 15.7. The summed E-state index contributed by atoms with van der Waals surface area (Å²) in [5.74, 6) is 5.37. The van der Waals surface area contributed by atoms with Crippen LogP contribution in [0.5, 0.6) is 0 Å². The molecule has 0 saturated heterocycles. The van der Waals surface area contributed by atoms with Gasteiger partial charge in [0.25, 0.3) is 5.95 Å². The van der Waals surface area contributed by atoms with Gasteiger partial charge in [-0.3, -0.25) is 5.43 Å². The lowest BCUT2D eigenvalue weighted by Crippen LogP contribution is -2.23. The van der Waals surface area contributed by atoms with Gasteiger partial charge in [0, 0.05) is 6.54 Å².